The van der Waals surface area contributed by atoms with Crippen LogP contribution in [0.3, 0.4) is 0 Å². The van der Waals surface area contributed by atoms with E-state index < -0.39 is 5.91 Å². The highest BCUT2D eigenvalue weighted by Crippen LogP contribution is 2.18. The maximum absolute atomic E-state index is 11.4. The van der Waals surface area contributed by atoms with Crippen LogP contribution in [0.5, 0.6) is 0 Å². The average Bonchev–Trinajstić information content (AvgIpc) is 2.69. The highest BCUT2D eigenvalue weighted by atomic mass is 79.9. The molecule has 2 aromatic heterocycles. The van der Waals surface area contributed by atoms with Gasteiger partial charge in [0.15, 0.2) is 5.82 Å². The maximum Gasteiger partial charge on any atom is 0.254 e. The van der Waals surface area contributed by atoms with Gasteiger partial charge in [0, 0.05) is 13.2 Å². The van der Waals surface area contributed by atoms with Crippen molar-refractivity contribution in [3.05, 3.63) is 28.1 Å². The zero-order valence-corrected chi connectivity index (χ0v) is 10.4. The van der Waals surface area contributed by atoms with Gasteiger partial charge in [-0.2, -0.15) is 10.2 Å². The molecule has 2 heterocycles. The van der Waals surface area contributed by atoms with E-state index in [1.54, 1.807) is 35.7 Å². The van der Waals surface area contributed by atoms with Gasteiger partial charge in [0.05, 0.1) is 16.4 Å². The van der Waals surface area contributed by atoms with Crippen molar-refractivity contribution >= 4 is 21.8 Å². The Morgan fingerprint density at radius 3 is 2.75 bits per heavy atom. The molecule has 0 fully saturated rings. The SMILES string of the molecule is Cc1nn(C)c(-n2cc(Br)cn2)c1C(N)=O. The lowest BCUT2D eigenvalue weighted by atomic mass is 10.2. The van der Waals surface area contributed by atoms with E-state index in [4.69, 9.17) is 5.73 Å². The predicted molar refractivity (Wildman–Crippen MR) is 61.3 cm³/mol. The fourth-order valence-electron chi connectivity index (χ4n) is 1.61. The van der Waals surface area contributed by atoms with Gasteiger partial charge in [-0.05, 0) is 22.9 Å². The third kappa shape index (κ3) is 1.63. The summed E-state index contributed by atoms with van der Waals surface area (Å²) in [4.78, 5) is 11.4. The number of carbonyl (C=O) groups is 1. The van der Waals surface area contributed by atoms with E-state index in [0.29, 0.717) is 17.1 Å². The number of aromatic nitrogens is 4. The second-order valence-electron chi connectivity index (χ2n) is 3.37. The zero-order valence-electron chi connectivity index (χ0n) is 8.81. The van der Waals surface area contributed by atoms with Gasteiger partial charge in [-0.1, -0.05) is 0 Å². The summed E-state index contributed by atoms with van der Waals surface area (Å²) in [6.07, 6.45) is 3.37. The van der Waals surface area contributed by atoms with Gasteiger partial charge in [-0.25, -0.2) is 9.36 Å². The van der Waals surface area contributed by atoms with Crippen LogP contribution in [0.4, 0.5) is 0 Å². The summed E-state index contributed by atoms with van der Waals surface area (Å²) in [7, 11) is 1.74. The van der Waals surface area contributed by atoms with Gasteiger partial charge in [0.25, 0.3) is 5.91 Å². The van der Waals surface area contributed by atoms with Gasteiger partial charge in [0.2, 0.25) is 0 Å². The van der Waals surface area contributed by atoms with Crippen LogP contribution in [0.2, 0.25) is 0 Å². The van der Waals surface area contributed by atoms with Crippen LogP contribution < -0.4 is 5.73 Å². The van der Waals surface area contributed by atoms with Crippen LogP contribution in [-0.4, -0.2) is 25.5 Å². The Morgan fingerprint density at radius 1 is 1.56 bits per heavy atom. The van der Waals surface area contributed by atoms with Crippen molar-refractivity contribution in [3.8, 4) is 5.82 Å². The molecule has 0 aliphatic carbocycles. The molecule has 1 amide bonds. The Labute approximate surface area is 100 Å². The van der Waals surface area contributed by atoms with Crippen molar-refractivity contribution in [2.24, 2.45) is 12.8 Å². The fourth-order valence-corrected chi connectivity index (χ4v) is 1.90. The molecule has 0 saturated heterocycles. The Bertz CT molecular complexity index is 556. The molecule has 2 aromatic rings. The van der Waals surface area contributed by atoms with Gasteiger partial charge < -0.3 is 5.73 Å². The first kappa shape index (κ1) is 10.9. The van der Waals surface area contributed by atoms with Gasteiger partial charge >= 0.3 is 0 Å². The van der Waals surface area contributed by atoms with Crippen molar-refractivity contribution < 1.29 is 4.79 Å². The lowest BCUT2D eigenvalue weighted by Gasteiger charge is -2.03. The molecule has 2 N–H and O–H groups in total. The van der Waals surface area contributed by atoms with E-state index in [1.807, 2.05) is 0 Å². The summed E-state index contributed by atoms with van der Waals surface area (Å²) < 4.78 is 3.96. The minimum atomic E-state index is -0.507. The molecule has 0 aromatic carbocycles. The molecular formula is C9H10BrN5O. The molecule has 84 valence electrons. The molecule has 0 spiro atoms. The lowest BCUT2D eigenvalue weighted by molar-refractivity contribution is 0.0999. The number of halogens is 1. The number of carbonyl (C=O) groups excluding carboxylic acids is 1. The van der Waals surface area contributed by atoms with Crippen LogP contribution in [-0.2, 0) is 7.05 Å². The Kier molecular flexibility index (Phi) is 2.55. The molecule has 2 rings (SSSR count). The normalized spacial score (nSPS) is 10.7. The molecule has 0 radical (unpaired) electrons. The largest absolute Gasteiger partial charge is 0.365 e. The number of hydrogen-bond acceptors (Lipinski definition) is 3. The smallest absolute Gasteiger partial charge is 0.254 e. The van der Waals surface area contributed by atoms with E-state index >= 15 is 0 Å². The second-order valence-corrected chi connectivity index (χ2v) is 4.29. The Balaban J connectivity index is 2.68. The number of hydrogen-bond donors (Lipinski definition) is 1. The highest BCUT2D eigenvalue weighted by molar-refractivity contribution is 9.10. The van der Waals surface area contributed by atoms with Gasteiger partial charge in [-0.3, -0.25) is 4.79 Å². The van der Waals surface area contributed by atoms with Crippen molar-refractivity contribution in [1.82, 2.24) is 19.6 Å². The quantitative estimate of drug-likeness (QED) is 0.884. The Hall–Kier alpha value is -1.63. The number of primary amides is 1. The van der Waals surface area contributed by atoms with Gasteiger partial charge in [-0.15, -0.1) is 0 Å². The van der Waals surface area contributed by atoms with Crippen molar-refractivity contribution in [1.29, 1.82) is 0 Å². The molecule has 0 saturated carbocycles. The molecule has 7 heteroatoms. The van der Waals surface area contributed by atoms with Crippen LogP contribution in [0.15, 0.2) is 16.9 Å². The standard InChI is InChI=1S/C9H10BrN5O/c1-5-7(8(11)16)9(14(2)13-5)15-4-6(10)3-12-15/h3-4H,1-2H3,(H2,11,16). The highest BCUT2D eigenvalue weighted by Gasteiger charge is 2.19. The zero-order chi connectivity index (χ0) is 11.9. The van der Waals surface area contributed by atoms with Gasteiger partial charge in [0.1, 0.15) is 5.56 Å². The van der Waals surface area contributed by atoms with E-state index in [-0.39, 0.29) is 0 Å². The molecule has 6 nitrogen and oxygen atoms in total. The van der Waals surface area contributed by atoms with Crippen molar-refractivity contribution in [2.75, 3.05) is 0 Å². The summed E-state index contributed by atoms with van der Waals surface area (Å²) in [5, 5.41) is 8.26. The number of amides is 1. The van der Waals surface area contributed by atoms with Crippen molar-refractivity contribution in [3.63, 3.8) is 0 Å². The molecule has 0 aliphatic rings. The Morgan fingerprint density at radius 2 is 2.25 bits per heavy atom. The van der Waals surface area contributed by atoms with Crippen LogP contribution in [0.1, 0.15) is 16.1 Å². The van der Waals surface area contributed by atoms with E-state index in [1.165, 1.54) is 0 Å². The van der Waals surface area contributed by atoms with Crippen molar-refractivity contribution in [2.45, 2.75) is 6.92 Å². The fraction of sp³-hybridized carbons (Fsp3) is 0.222. The third-order valence-electron chi connectivity index (χ3n) is 2.21. The van der Waals surface area contributed by atoms with E-state index in [9.17, 15) is 4.79 Å². The maximum atomic E-state index is 11.4. The molecule has 0 unspecified atom stereocenters. The molecule has 0 bridgehead atoms. The first-order valence-electron chi connectivity index (χ1n) is 4.54. The monoisotopic (exact) mass is 283 g/mol. The lowest BCUT2D eigenvalue weighted by Crippen LogP contribution is -2.16. The summed E-state index contributed by atoms with van der Waals surface area (Å²) in [6.45, 7) is 1.74. The number of rotatable bonds is 2. The molecular weight excluding hydrogens is 274 g/mol. The second kappa shape index (κ2) is 3.75. The first-order valence-corrected chi connectivity index (χ1v) is 5.34. The van der Waals surface area contributed by atoms with E-state index in [2.05, 4.69) is 26.1 Å². The third-order valence-corrected chi connectivity index (χ3v) is 2.62. The molecule has 0 atom stereocenters. The molecule has 0 aliphatic heterocycles. The van der Waals surface area contributed by atoms with Crippen LogP contribution >= 0.6 is 15.9 Å². The number of nitrogens with two attached hydrogens (primary N) is 1. The summed E-state index contributed by atoms with van der Waals surface area (Å²) in [6, 6.07) is 0. The first-order chi connectivity index (χ1) is 7.50. The number of nitrogens with zero attached hydrogens (tertiary/aromatic N) is 4. The molecule has 16 heavy (non-hydrogen) atoms. The van der Waals surface area contributed by atoms with Crippen LogP contribution in [0, 0.1) is 6.92 Å². The average molecular weight is 284 g/mol. The number of aryl methyl sites for hydroxylation is 2. The van der Waals surface area contributed by atoms with Crippen LogP contribution in [0.25, 0.3) is 5.82 Å². The minimum absolute atomic E-state index is 0.387. The summed E-state index contributed by atoms with van der Waals surface area (Å²) in [5.74, 6) is 0.0583. The topological polar surface area (TPSA) is 78.7 Å². The summed E-state index contributed by atoms with van der Waals surface area (Å²) in [5.41, 5.74) is 6.31. The summed E-state index contributed by atoms with van der Waals surface area (Å²) >= 11 is 3.29. The van der Waals surface area contributed by atoms with E-state index in [0.717, 1.165) is 4.47 Å². The predicted octanol–water partition coefficient (Wildman–Crippen LogP) is 0.776. The minimum Gasteiger partial charge on any atom is -0.365 e.